The lowest BCUT2D eigenvalue weighted by atomic mass is 10.1. The Bertz CT molecular complexity index is 635. The highest BCUT2D eigenvalue weighted by Gasteiger charge is 2.20. The standard InChI is InChI=1S/C12H12FN5O2/c13-9-4-2-1-3-8(9)5-6-15-12-10(18(19)20)11(14)16-7-17-12/h1-4,7H,5-6H2,(H3,14,15,16,17). The molecule has 1 aromatic heterocycles. The maximum Gasteiger partial charge on any atom is 0.352 e. The number of nitro groups is 1. The average molecular weight is 277 g/mol. The predicted molar refractivity (Wildman–Crippen MR) is 71.7 cm³/mol. The zero-order valence-corrected chi connectivity index (χ0v) is 10.4. The lowest BCUT2D eigenvalue weighted by molar-refractivity contribution is -0.383. The van der Waals surface area contributed by atoms with Crippen molar-refractivity contribution in [3.63, 3.8) is 0 Å². The van der Waals surface area contributed by atoms with E-state index in [0.717, 1.165) is 6.33 Å². The number of rotatable bonds is 5. The van der Waals surface area contributed by atoms with E-state index >= 15 is 0 Å². The van der Waals surface area contributed by atoms with Crippen LogP contribution in [0.2, 0.25) is 0 Å². The molecule has 0 radical (unpaired) electrons. The second-order valence-electron chi connectivity index (χ2n) is 3.98. The first-order valence-corrected chi connectivity index (χ1v) is 5.81. The fourth-order valence-electron chi connectivity index (χ4n) is 1.72. The Labute approximate surface area is 113 Å². The summed E-state index contributed by atoms with van der Waals surface area (Å²) >= 11 is 0. The Hall–Kier alpha value is -2.77. The van der Waals surface area contributed by atoms with Crippen LogP contribution in [0, 0.1) is 15.9 Å². The highest BCUT2D eigenvalue weighted by Crippen LogP contribution is 2.26. The highest BCUT2D eigenvalue weighted by molar-refractivity contribution is 5.67. The molecule has 0 aliphatic rings. The van der Waals surface area contributed by atoms with Gasteiger partial charge in [0.2, 0.25) is 11.6 Å². The van der Waals surface area contributed by atoms with E-state index in [1.807, 2.05) is 0 Å². The number of nitrogens with zero attached hydrogens (tertiary/aromatic N) is 3. The van der Waals surface area contributed by atoms with Crippen molar-refractivity contribution in [1.29, 1.82) is 0 Å². The Morgan fingerprint density at radius 1 is 1.35 bits per heavy atom. The summed E-state index contributed by atoms with van der Waals surface area (Å²) in [6, 6.07) is 6.34. The SMILES string of the molecule is Nc1ncnc(NCCc2ccccc2F)c1[N+](=O)[O-]. The van der Waals surface area contributed by atoms with Crippen LogP contribution in [0.25, 0.3) is 0 Å². The number of nitrogens with two attached hydrogens (primary N) is 1. The van der Waals surface area contributed by atoms with Gasteiger partial charge in [0.05, 0.1) is 4.92 Å². The van der Waals surface area contributed by atoms with Crippen molar-refractivity contribution >= 4 is 17.3 Å². The summed E-state index contributed by atoms with van der Waals surface area (Å²) in [6.07, 6.45) is 1.50. The zero-order chi connectivity index (χ0) is 14.5. The monoisotopic (exact) mass is 277 g/mol. The van der Waals surface area contributed by atoms with Crippen LogP contribution in [0.15, 0.2) is 30.6 Å². The van der Waals surface area contributed by atoms with Crippen LogP contribution in [0.3, 0.4) is 0 Å². The van der Waals surface area contributed by atoms with Gasteiger partial charge in [0.15, 0.2) is 0 Å². The van der Waals surface area contributed by atoms with Gasteiger partial charge in [0, 0.05) is 6.54 Å². The van der Waals surface area contributed by atoms with E-state index in [4.69, 9.17) is 5.73 Å². The number of anilines is 2. The summed E-state index contributed by atoms with van der Waals surface area (Å²) in [7, 11) is 0. The van der Waals surface area contributed by atoms with Crippen molar-refractivity contribution in [3.8, 4) is 0 Å². The second-order valence-corrected chi connectivity index (χ2v) is 3.98. The highest BCUT2D eigenvalue weighted by atomic mass is 19.1. The summed E-state index contributed by atoms with van der Waals surface area (Å²) in [5, 5.41) is 13.6. The zero-order valence-electron chi connectivity index (χ0n) is 10.4. The van der Waals surface area contributed by atoms with Crippen LogP contribution in [-0.4, -0.2) is 21.4 Å². The molecule has 0 spiro atoms. The molecule has 0 saturated heterocycles. The van der Waals surface area contributed by atoms with Crippen LogP contribution in [-0.2, 0) is 6.42 Å². The van der Waals surface area contributed by atoms with Crippen LogP contribution in [0.5, 0.6) is 0 Å². The van der Waals surface area contributed by atoms with Crippen molar-refractivity contribution in [3.05, 3.63) is 52.1 Å². The smallest absolute Gasteiger partial charge is 0.352 e. The molecule has 0 unspecified atom stereocenters. The number of nitrogen functional groups attached to an aromatic ring is 1. The molecule has 0 aliphatic heterocycles. The van der Waals surface area contributed by atoms with E-state index in [0.29, 0.717) is 12.0 Å². The fraction of sp³-hybridized carbons (Fsp3) is 0.167. The van der Waals surface area contributed by atoms with Gasteiger partial charge in [0.1, 0.15) is 12.1 Å². The minimum atomic E-state index is -0.652. The molecular weight excluding hydrogens is 265 g/mol. The molecule has 2 rings (SSSR count). The van der Waals surface area contributed by atoms with Crippen molar-refractivity contribution in [1.82, 2.24) is 9.97 Å². The third kappa shape index (κ3) is 2.97. The number of nitrogens with one attached hydrogen (secondary N) is 1. The largest absolute Gasteiger partial charge is 0.378 e. The number of halogens is 1. The van der Waals surface area contributed by atoms with Gasteiger partial charge in [-0.15, -0.1) is 0 Å². The minimum Gasteiger partial charge on any atom is -0.378 e. The molecule has 20 heavy (non-hydrogen) atoms. The Balaban J connectivity index is 2.07. The third-order valence-electron chi connectivity index (χ3n) is 2.68. The Morgan fingerprint density at radius 3 is 2.80 bits per heavy atom. The molecule has 7 nitrogen and oxygen atoms in total. The van der Waals surface area contributed by atoms with E-state index < -0.39 is 4.92 Å². The van der Waals surface area contributed by atoms with Crippen LogP contribution in [0.4, 0.5) is 21.7 Å². The molecular formula is C12H12FN5O2. The van der Waals surface area contributed by atoms with Gasteiger partial charge >= 0.3 is 5.69 Å². The maximum atomic E-state index is 13.4. The molecule has 0 aliphatic carbocycles. The second kappa shape index (κ2) is 5.91. The van der Waals surface area contributed by atoms with Gasteiger partial charge in [-0.25, -0.2) is 14.4 Å². The molecule has 0 bridgehead atoms. The number of hydrogen-bond donors (Lipinski definition) is 2. The lowest BCUT2D eigenvalue weighted by Gasteiger charge is -2.07. The van der Waals surface area contributed by atoms with Crippen LogP contribution in [0.1, 0.15) is 5.56 Å². The molecule has 0 atom stereocenters. The third-order valence-corrected chi connectivity index (χ3v) is 2.68. The normalized spacial score (nSPS) is 10.2. The van der Waals surface area contributed by atoms with E-state index in [1.165, 1.54) is 6.07 Å². The average Bonchev–Trinajstić information content (AvgIpc) is 2.40. The van der Waals surface area contributed by atoms with Gasteiger partial charge in [-0.2, -0.15) is 0 Å². The molecule has 3 N–H and O–H groups in total. The Kier molecular flexibility index (Phi) is 4.04. The van der Waals surface area contributed by atoms with Gasteiger partial charge in [-0.3, -0.25) is 10.1 Å². The summed E-state index contributed by atoms with van der Waals surface area (Å²) in [5.74, 6) is -0.497. The van der Waals surface area contributed by atoms with Gasteiger partial charge < -0.3 is 11.1 Å². The first kappa shape index (κ1) is 13.7. The molecule has 104 valence electrons. The van der Waals surface area contributed by atoms with Crippen LogP contribution < -0.4 is 11.1 Å². The molecule has 8 heteroatoms. The number of aromatic nitrogens is 2. The van der Waals surface area contributed by atoms with E-state index in [1.54, 1.807) is 18.2 Å². The number of hydrogen-bond acceptors (Lipinski definition) is 6. The quantitative estimate of drug-likeness (QED) is 0.637. The lowest BCUT2D eigenvalue weighted by Crippen LogP contribution is -2.11. The van der Waals surface area contributed by atoms with Gasteiger partial charge in [0.25, 0.3) is 0 Å². The van der Waals surface area contributed by atoms with Gasteiger partial charge in [-0.05, 0) is 18.1 Å². The van der Waals surface area contributed by atoms with Crippen molar-refractivity contribution in [2.45, 2.75) is 6.42 Å². The van der Waals surface area contributed by atoms with Crippen molar-refractivity contribution < 1.29 is 9.31 Å². The van der Waals surface area contributed by atoms with Crippen molar-refractivity contribution in [2.24, 2.45) is 0 Å². The van der Waals surface area contributed by atoms with Crippen molar-refractivity contribution in [2.75, 3.05) is 17.6 Å². The molecule has 1 heterocycles. The maximum absolute atomic E-state index is 13.4. The molecule has 2 aromatic rings. The van der Waals surface area contributed by atoms with E-state index in [-0.39, 0.29) is 29.7 Å². The molecule has 0 saturated carbocycles. The summed E-state index contributed by atoms with van der Waals surface area (Å²) in [5.41, 5.74) is 5.58. The molecule has 1 aromatic carbocycles. The van der Waals surface area contributed by atoms with Gasteiger partial charge in [-0.1, -0.05) is 18.2 Å². The van der Waals surface area contributed by atoms with Crippen LogP contribution >= 0.6 is 0 Å². The van der Waals surface area contributed by atoms with E-state index in [9.17, 15) is 14.5 Å². The minimum absolute atomic E-state index is 0.0267. The first-order valence-electron chi connectivity index (χ1n) is 5.81. The summed E-state index contributed by atoms with van der Waals surface area (Å²) in [6.45, 7) is 0.290. The van der Waals surface area contributed by atoms with E-state index in [2.05, 4.69) is 15.3 Å². The molecule has 0 amide bonds. The fourth-order valence-corrected chi connectivity index (χ4v) is 1.72. The summed E-state index contributed by atoms with van der Waals surface area (Å²) in [4.78, 5) is 17.6. The molecule has 0 fully saturated rings. The summed E-state index contributed by atoms with van der Waals surface area (Å²) < 4.78 is 13.4. The predicted octanol–water partition coefficient (Wildman–Crippen LogP) is 1.76. The first-order chi connectivity index (χ1) is 9.59. The Morgan fingerprint density at radius 2 is 2.10 bits per heavy atom. The topological polar surface area (TPSA) is 107 Å². The number of benzene rings is 1.